The van der Waals surface area contributed by atoms with Gasteiger partial charge in [-0.25, -0.2) is 0 Å². The van der Waals surface area contributed by atoms with E-state index in [0.29, 0.717) is 11.8 Å². The fourth-order valence-corrected chi connectivity index (χ4v) is 4.42. The predicted octanol–water partition coefficient (Wildman–Crippen LogP) is 2.95. The molecule has 4 atom stereocenters. The first-order valence-corrected chi connectivity index (χ1v) is 8.02. The van der Waals surface area contributed by atoms with Gasteiger partial charge >= 0.3 is 0 Å². The van der Waals surface area contributed by atoms with Crippen LogP contribution in [0.4, 0.5) is 0 Å². The Labute approximate surface area is 112 Å². The molecule has 100 valence electrons. The van der Waals surface area contributed by atoms with Crippen molar-refractivity contribution in [3.05, 3.63) is 30.3 Å². The summed E-state index contributed by atoms with van der Waals surface area (Å²) in [4.78, 5) is 0.919. The van der Waals surface area contributed by atoms with Crippen molar-refractivity contribution in [3.8, 4) is 0 Å². The van der Waals surface area contributed by atoms with Crippen molar-refractivity contribution in [3.63, 3.8) is 0 Å². The van der Waals surface area contributed by atoms with Gasteiger partial charge in [0.25, 0.3) is 0 Å². The van der Waals surface area contributed by atoms with Gasteiger partial charge < -0.3 is 5.73 Å². The van der Waals surface area contributed by atoms with Crippen molar-refractivity contribution in [2.24, 2.45) is 17.6 Å². The van der Waals surface area contributed by atoms with E-state index in [4.69, 9.17) is 5.73 Å². The molecule has 0 heterocycles. The molecular weight excluding hydrogens is 242 g/mol. The quantitative estimate of drug-likeness (QED) is 0.913. The molecule has 1 saturated carbocycles. The molecule has 0 bridgehead atoms. The van der Waals surface area contributed by atoms with Crippen LogP contribution in [0.15, 0.2) is 35.2 Å². The minimum absolute atomic E-state index is 0.0843. The van der Waals surface area contributed by atoms with Gasteiger partial charge in [-0.15, -0.1) is 0 Å². The first-order chi connectivity index (χ1) is 8.59. The molecule has 2 nitrogen and oxygen atoms in total. The summed E-state index contributed by atoms with van der Waals surface area (Å²) in [5, 5.41) is 0.119. The molecule has 0 saturated heterocycles. The highest BCUT2D eigenvalue weighted by Crippen LogP contribution is 2.33. The average Bonchev–Trinajstić information content (AvgIpc) is 2.39. The van der Waals surface area contributed by atoms with Crippen LogP contribution >= 0.6 is 0 Å². The van der Waals surface area contributed by atoms with Crippen LogP contribution in [0.5, 0.6) is 0 Å². The fourth-order valence-electron chi connectivity index (χ4n) is 2.76. The van der Waals surface area contributed by atoms with E-state index in [1.165, 1.54) is 6.42 Å². The monoisotopic (exact) mass is 265 g/mol. The van der Waals surface area contributed by atoms with E-state index >= 15 is 0 Å². The molecule has 4 unspecified atom stereocenters. The van der Waals surface area contributed by atoms with Gasteiger partial charge in [-0.2, -0.15) is 0 Å². The highest BCUT2D eigenvalue weighted by molar-refractivity contribution is 7.85. The molecule has 0 aliphatic heterocycles. The zero-order valence-electron chi connectivity index (χ0n) is 11.2. The molecule has 0 spiro atoms. The van der Waals surface area contributed by atoms with Crippen LogP contribution in [0.1, 0.15) is 33.1 Å². The Bertz CT molecular complexity index is 404. The number of hydrogen-bond acceptors (Lipinski definition) is 2. The van der Waals surface area contributed by atoms with E-state index in [9.17, 15) is 4.21 Å². The van der Waals surface area contributed by atoms with Gasteiger partial charge in [-0.05, 0) is 43.2 Å². The van der Waals surface area contributed by atoms with Gasteiger partial charge in [0.2, 0.25) is 0 Å². The van der Waals surface area contributed by atoms with Crippen LogP contribution < -0.4 is 5.73 Å². The molecule has 1 fully saturated rings. The average molecular weight is 265 g/mol. The van der Waals surface area contributed by atoms with Crippen LogP contribution in [-0.4, -0.2) is 15.5 Å². The van der Waals surface area contributed by atoms with Crippen molar-refractivity contribution in [1.82, 2.24) is 0 Å². The maximum absolute atomic E-state index is 12.6. The number of benzene rings is 1. The maximum atomic E-state index is 12.6. The summed E-state index contributed by atoms with van der Waals surface area (Å²) in [6, 6.07) is 9.83. The molecule has 0 amide bonds. The number of hydrogen-bond donors (Lipinski definition) is 1. The smallest absolute Gasteiger partial charge is 0.0576 e. The summed E-state index contributed by atoms with van der Waals surface area (Å²) in [6.07, 6.45) is 3.19. The second-order valence-corrected chi connectivity index (χ2v) is 7.30. The van der Waals surface area contributed by atoms with Crippen LogP contribution in [0.3, 0.4) is 0 Å². The largest absolute Gasteiger partial charge is 0.327 e. The summed E-state index contributed by atoms with van der Waals surface area (Å²) in [6.45, 7) is 4.51. The van der Waals surface area contributed by atoms with Crippen molar-refractivity contribution in [1.29, 1.82) is 0 Å². The van der Waals surface area contributed by atoms with Crippen molar-refractivity contribution >= 4 is 10.8 Å². The normalized spacial score (nSPS) is 30.3. The van der Waals surface area contributed by atoms with Crippen LogP contribution in [0, 0.1) is 11.8 Å². The van der Waals surface area contributed by atoms with Crippen LogP contribution in [0.25, 0.3) is 0 Å². The van der Waals surface area contributed by atoms with Crippen molar-refractivity contribution in [2.75, 3.05) is 0 Å². The molecule has 0 radical (unpaired) electrons. The van der Waals surface area contributed by atoms with E-state index in [1.54, 1.807) is 0 Å². The third kappa shape index (κ3) is 3.01. The molecule has 18 heavy (non-hydrogen) atoms. The molecule has 1 aromatic carbocycles. The summed E-state index contributed by atoms with van der Waals surface area (Å²) >= 11 is 0. The second kappa shape index (κ2) is 5.98. The third-order valence-electron chi connectivity index (χ3n) is 4.08. The lowest BCUT2D eigenvalue weighted by Gasteiger charge is -2.35. The Balaban J connectivity index is 2.13. The standard InChI is InChI=1S/C15H23NOS/c1-11(2)12-8-9-14(16)15(10-12)18(17)13-6-4-3-5-7-13/h3-7,11-12,14-15H,8-10,16H2,1-2H3. The molecule has 1 aromatic rings. The summed E-state index contributed by atoms with van der Waals surface area (Å²) in [7, 11) is -0.962. The number of rotatable bonds is 3. The minimum Gasteiger partial charge on any atom is -0.327 e. The van der Waals surface area contributed by atoms with Gasteiger partial charge in [-0.1, -0.05) is 32.0 Å². The zero-order chi connectivity index (χ0) is 13.1. The molecule has 2 N–H and O–H groups in total. The lowest BCUT2D eigenvalue weighted by molar-refractivity contribution is 0.264. The molecule has 1 aliphatic rings. The minimum atomic E-state index is -0.962. The van der Waals surface area contributed by atoms with Crippen molar-refractivity contribution in [2.45, 2.75) is 49.3 Å². The predicted molar refractivity (Wildman–Crippen MR) is 76.8 cm³/mol. The second-order valence-electron chi connectivity index (χ2n) is 5.63. The Hall–Kier alpha value is -0.670. The van der Waals surface area contributed by atoms with Gasteiger partial charge in [0.05, 0.1) is 16.0 Å². The lowest BCUT2D eigenvalue weighted by Crippen LogP contribution is -2.43. The van der Waals surface area contributed by atoms with E-state index < -0.39 is 10.8 Å². The lowest BCUT2D eigenvalue weighted by atomic mass is 9.79. The molecular formula is C15H23NOS. The number of nitrogens with two attached hydrogens (primary N) is 1. The van der Waals surface area contributed by atoms with Crippen molar-refractivity contribution < 1.29 is 4.21 Å². The van der Waals surface area contributed by atoms with Gasteiger partial charge in [0.1, 0.15) is 0 Å². The van der Waals surface area contributed by atoms with Crippen LogP contribution in [-0.2, 0) is 10.8 Å². The maximum Gasteiger partial charge on any atom is 0.0576 e. The Morgan fingerprint density at radius 2 is 1.89 bits per heavy atom. The third-order valence-corrected chi connectivity index (χ3v) is 5.91. The topological polar surface area (TPSA) is 43.1 Å². The van der Waals surface area contributed by atoms with Crippen LogP contribution in [0.2, 0.25) is 0 Å². The Morgan fingerprint density at radius 3 is 2.50 bits per heavy atom. The SMILES string of the molecule is CC(C)C1CCC(N)C(S(=O)c2ccccc2)C1. The van der Waals surface area contributed by atoms with E-state index in [-0.39, 0.29) is 11.3 Å². The Morgan fingerprint density at radius 1 is 1.22 bits per heavy atom. The summed E-state index contributed by atoms with van der Waals surface area (Å²) in [5.74, 6) is 1.33. The Kier molecular flexibility index (Phi) is 4.57. The van der Waals surface area contributed by atoms with E-state index in [2.05, 4.69) is 13.8 Å². The van der Waals surface area contributed by atoms with E-state index in [0.717, 1.165) is 17.7 Å². The zero-order valence-corrected chi connectivity index (χ0v) is 12.0. The summed E-state index contributed by atoms with van der Waals surface area (Å²) < 4.78 is 12.6. The first kappa shape index (κ1) is 13.8. The van der Waals surface area contributed by atoms with Gasteiger partial charge in [0, 0.05) is 10.9 Å². The first-order valence-electron chi connectivity index (χ1n) is 6.80. The molecule has 3 heteroatoms. The molecule has 2 rings (SSSR count). The summed E-state index contributed by atoms with van der Waals surface area (Å²) in [5.41, 5.74) is 6.19. The fraction of sp³-hybridized carbons (Fsp3) is 0.600. The van der Waals surface area contributed by atoms with E-state index in [1.807, 2.05) is 30.3 Å². The van der Waals surface area contributed by atoms with Gasteiger partial charge in [-0.3, -0.25) is 4.21 Å². The molecule has 1 aliphatic carbocycles. The highest BCUT2D eigenvalue weighted by Gasteiger charge is 2.33. The highest BCUT2D eigenvalue weighted by atomic mass is 32.2. The molecule has 0 aromatic heterocycles. The van der Waals surface area contributed by atoms with Gasteiger partial charge in [0.15, 0.2) is 0 Å².